The quantitative estimate of drug-likeness (QED) is 0.118. The maximum atomic E-state index is 4.26. The third-order valence-corrected chi connectivity index (χ3v) is 5.58. The van der Waals surface area contributed by atoms with E-state index in [1.807, 2.05) is 12.1 Å². The van der Waals surface area contributed by atoms with Crippen LogP contribution < -0.4 is 10.6 Å². The first-order chi connectivity index (χ1) is 14.4. The Kier molecular flexibility index (Phi) is 8.72. The van der Waals surface area contributed by atoms with Gasteiger partial charge in [0, 0.05) is 0 Å². The van der Waals surface area contributed by atoms with Gasteiger partial charge in [-0.25, -0.2) is 0 Å². The predicted octanol–water partition coefficient (Wildman–Crippen LogP) is 6.80. The molecular formula is C26H20ClNiP-. The Morgan fingerprint density at radius 1 is 0.517 bits per heavy atom. The van der Waals surface area contributed by atoms with Crippen LogP contribution in [0.2, 0.25) is 0 Å². The van der Waals surface area contributed by atoms with E-state index in [1.165, 1.54) is 32.2 Å². The maximum Gasteiger partial charge on any atom is -0.0226 e. The fraction of sp³-hybridized carbons (Fsp3) is 0. The average molecular weight is 458 g/mol. The molecule has 0 aliphatic carbocycles. The molecule has 0 nitrogen and oxygen atoms in total. The largest absolute Gasteiger partial charge is 0.118 e. The molecule has 0 aromatic heterocycles. The van der Waals surface area contributed by atoms with Crippen LogP contribution in [-0.2, 0) is 14.6 Å². The first kappa shape index (κ1) is 21.5. The van der Waals surface area contributed by atoms with E-state index in [4.69, 9.17) is 0 Å². The molecule has 0 saturated heterocycles. The molecule has 5 aromatic carbocycles. The predicted molar refractivity (Wildman–Crippen MR) is 127 cm³/mol. The fourth-order valence-electron chi connectivity index (χ4n) is 3.00. The number of fused-ring (bicyclic) bond motifs is 2. The van der Waals surface area contributed by atoms with Gasteiger partial charge in [0.1, 0.15) is 0 Å². The van der Waals surface area contributed by atoms with E-state index in [9.17, 15) is 0 Å². The van der Waals surface area contributed by atoms with Gasteiger partial charge in [-0.1, -0.05) is 116 Å². The zero-order valence-corrected chi connectivity index (χ0v) is 18.4. The Bertz CT molecular complexity index is 1000. The second-order valence-corrected chi connectivity index (χ2v) is 7.71. The molecule has 0 aliphatic rings. The van der Waals surface area contributed by atoms with Gasteiger partial charge >= 0.3 is 24.8 Å². The Labute approximate surface area is 186 Å². The minimum Gasteiger partial charge on any atom is -0.118 e. The van der Waals surface area contributed by atoms with Gasteiger partial charge in [0.15, 0.2) is 0 Å². The minimum absolute atomic E-state index is 0.777. The molecule has 0 saturated carbocycles. The molecule has 0 bridgehead atoms. The van der Waals surface area contributed by atoms with Crippen molar-refractivity contribution in [1.82, 2.24) is 0 Å². The molecule has 0 heterocycles. The van der Waals surface area contributed by atoms with Crippen molar-refractivity contribution < 1.29 is 14.6 Å². The Hall–Kier alpha value is -2.17. The molecule has 0 N–H and O–H groups in total. The van der Waals surface area contributed by atoms with Crippen molar-refractivity contribution in [2.24, 2.45) is 0 Å². The third kappa shape index (κ3) is 6.41. The number of hydrogen-bond acceptors (Lipinski definition) is 0. The van der Waals surface area contributed by atoms with Crippen LogP contribution in [-0.4, -0.2) is 0 Å². The normalized spacial score (nSPS) is 9.90. The number of benzene rings is 5. The maximum absolute atomic E-state index is 4.26. The van der Waals surface area contributed by atoms with Gasteiger partial charge in [0.2, 0.25) is 0 Å². The molecule has 0 spiro atoms. The second-order valence-electron chi connectivity index (χ2n) is 6.30. The van der Waals surface area contributed by atoms with Crippen LogP contribution in [0, 0.1) is 6.07 Å². The standard InChI is InChI=1S/C14H9.C12H11P.ClH.Ni/c1-2-6-12-10-14-8-4-3-7-13(14)9-11(12)5-1;1-3-7-11(8-4-1)13-12-9-5-2-6-10-12;;/h1-9H;1-10,13H;1H;/q-1;;;+1/p-1. The van der Waals surface area contributed by atoms with Gasteiger partial charge in [-0.2, -0.15) is 0 Å². The van der Waals surface area contributed by atoms with Gasteiger partial charge in [-0.15, -0.1) is 35.0 Å². The summed E-state index contributed by atoms with van der Waals surface area (Å²) < 4.78 is 0. The smallest absolute Gasteiger partial charge is 0.0226 e. The third-order valence-electron chi connectivity index (χ3n) is 4.34. The zero-order valence-electron chi connectivity index (χ0n) is 15.7. The van der Waals surface area contributed by atoms with Crippen LogP contribution in [0.1, 0.15) is 0 Å². The van der Waals surface area contributed by atoms with Crippen molar-refractivity contribution in [3.63, 3.8) is 0 Å². The molecule has 5 aromatic rings. The van der Waals surface area contributed by atoms with Crippen molar-refractivity contribution in [3.8, 4) is 0 Å². The summed E-state index contributed by atoms with van der Waals surface area (Å²) in [6.07, 6.45) is 0. The van der Waals surface area contributed by atoms with Crippen LogP contribution in [0.3, 0.4) is 0 Å². The van der Waals surface area contributed by atoms with E-state index < -0.39 is 0 Å². The summed E-state index contributed by atoms with van der Waals surface area (Å²) in [5.74, 6) is 0. The molecule has 0 amide bonds. The summed E-state index contributed by atoms with van der Waals surface area (Å²) in [7, 11) is 5.04. The summed E-state index contributed by atoms with van der Waals surface area (Å²) in [6, 6.07) is 43.4. The number of rotatable bonds is 2. The Morgan fingerprint density at radius 3 is 1.34 bits per heavy atom. The average Bonchev–Trinajstić information content (AvgIpc) is 2.81. The molecule has 29 heavy (non-hydrogen) atoms. The summed E-state index contributed by atoms with van der Waals surface area (Å²) >= 11 is 3.35. The van der Waals surface area contributed by atoms with E-state index in [1.54, 1.807) is 0 Å². The van der Waals surface area contributed by atoms with E-state index >= 15 is 0 Å². The summed E-state index contributed by atoms with van der Waals surface area (Å²) in [5, 5.41) is 7.68. The van der Waals surface area contributed by atoms with E-state index in [0.717, 1.165) is 8.58 Å². The summed E-state index contributed by atoms with van der Waals surface area (Å²) in [5.41, 5.74) is 0. The first-order valence-corrected chi connectivity index (χ1v) is 11.5. The minimum atomic E-state index is 0.777. The molecule has 0 atom stereocenters. The molecule has 0 fully saturated rings. The van der Waals surface area contributed by atoms with E-state index in [0.29, 0.717) is 0 Å². The van der Waals surface area contributed by atoms with Crippen LogP contribution >= 0.6 is 18.8 Å². The van der Waals surface area contributed by atoms with Crippen LogP contribution in [0.5, 0.6) is 0 Å². The molecule has 147 valence electrons. The van der Waals surface area contributed by atoms with Gasteiger partial charge in [-0.3, -0.25) is 0 Å². The van der Waals surface area contributed by atoms with Gasteiger partial charge in [0.05, 0.1) is 0 Å². The molecule has 0 radical (unpaired) electrons. The molecular weight excluding hydrogens is 437 g/mol. The SMILES string of the molecule is [Cl][Ni].[c-]1c2ccccc2cc2ccccc12.c1ccc(Pc2ccccc2)cc1. The van der Waals surface area contributed by atoms with Crippen molar-refractivity contribution in [1.29, 1.82) is 0 Å². The zero-order chi connectivity index (χ0) is 20.3. The Balaban J connectivity index is 0.000000153. The molecule has 0 aliphatic heterocycles. The van der Waals surface area contributed by atoms with Gasteiger partial charge in [0.25, 0.3) is 0 Å². The van der Waals surface area contributed by atoms with Crippen molar-refractivity contribution in [2.45, 2.75) is 0 Å². The van der Waals surface area contributed by atoms with Crippen molar-refractivity contribution in [3.05, 3.63) is 121 Å². The molecule has 3 heteroatoms. The van der Waals surface area contributed by atoms with Crippen molar-refractivity contribution in [2.75, 3.05) is 0 Å². The Morgan fingerprint density at radius 2 is 0.897 bits per heavy atom. The van der Waals surface area contributed by atoms with E-state index in [-0.39, 0.29) is 0 Å². The van der Waals surface area contributed by atoms with Crippen LogP contribution in [0.4, 0.5) is 0 Å². The number of hydrogen-bond donors (Lipinski definition) is 0. The van der Waals surface area contributed by atoms with Crippen LogP contribution in [0.25, 0.3) is 21.5 Å². The number of halogens is 1. The molecule has 0 unspecified atom stereocenters. The van der Waals surface area contributed by atoms with E-state index in [2.05, 4.69) is 134 Å². The van der Waals surface area contributed by atoms with Gasteiger partial charge in [-0.05, 0) is 10.6 Å². The first-order valence-electron chi connectivity index (χ1n) is 9.17. The van der Waals surface area contributed by atoms with Crippen molar-refractivity contribution >= 4 is 50.9 Å². The van der Waals surface area contributed by atoms with Gasteiger partial charge < -0.3 is 0 Å². The summed E-state index contributed by atoms with van der Waals surface area (Å²) in [4.78, 5) is 0. The molecule has 5 rings (SSSR count). The monoisotopic (exact) mass is 456 g/mol. The van der Waals surface area contributed by atoms with Crippen LogP contribution in [0.15, 0.2) is 115 Å². The topological polar surface area (TPSA) is 0 Å². The summed E-state index contributed by atoms with van der Waals surface area (Å²) in [6.45, 7) is 0. The second kappa shape index (κ2) is 11.7. The fourth-order valence-corrected chi connectivity index (χ4v) is 4.05.